The fourth-order valence-electron chi connectivity index (χ4n) is 2.16. The van der Waals surface area contributed by atoms with Crippen LogP contribution in [0.3, 0.4) is 0 Å². The summed E-state index contributed by atoms with van der Waals surface area (Å²) >= 11 is 23.9. The van der Waals surface area contributed by atoms with Gasteiger partial charge in [-0.05, 0) is 24.3 Å². The first-order chi connectivity index (χ1) is 9.95. The minimum atomic E-state index is -0.548. The van der Waals surface area contributed by atoms with Gasteiger partial charge in [-0.1, -0.05) is 46.4 Å². The zero-order valence-corrected chi connectivity index (χ0v) is 13.4. The van der Waals surface area contributed by atoms with Crippen molar-refractivity contribution in [1.82, 2.24) is 0 Å². The molecule has 0 saturated carbocycles. The van der Waals surface area contributed by atoms with E-state index >= 15 is 0 Å². The number of nitrogens with one attached hydrogen (secondary N) is 1. The minimum absolute atomic E-state index is 0.0299. The fraction of sp³-hybridized carbons (Fsp3) is 0.143. The van der Waals surface area contributed by atoms with Crippen LogP contribution in [0, 0.1) is 5.82 Å². The minimum Gasteiger partial charge on any atom is -0.480 e. The van der Waals surface area contributed by atoms with E-state index in [9.17, 15) is 4.39 Å². The Bertz CT molecular complexity index is 723. The summed E-state index contributed by atoms with van der Waals surface area (Å²) in [6.45, 7) is 0.407. The lowest BCUT2D eigenvalue weighted by atomic mass is 10.1. The van der Waals surface area contributed by atoms with Crippen molar-refractivity contribution in [3.05, 3.63) is 55.7 Å². The summed E-state index contributed by atoms with van der Waals surface area (Å²) in [6, 6.07) is 5.92. The van der Waals surface area contributed by atoms with Crippen LogP contribution in [0.2, 0.25) is 20.1 Å². The second kappa shape index (κ2) is 5.73. The van der Waals surface area contributed by atoms with Crippen molar-refractivity contribution in [2.45, 2.75) is 6.10 Å². The van der Waals surface area contributed by atoms with Crippen molar-refractivity contribution in [2.24, 2.45) is 0 Å². The lowest BCUT2D eigenvalue weighted by Crippen LogP contribution is -2.24. The number of ether oxygens (including phenoxy) is 1. The van der Waals surface area contributed by atoms with Crippen LogP contribution in [0.15, 0.2) is 24.3 Å². The molecule has 2 aromatic rings. The maximum atomic E-state index is 13.6. The molecule has 1 N–H and O–H groups in total. The van der Waals surface area contributed by atoms with Gasteiger partial charge < -0.3 is 10.1 Å². The van der Waals surface area contributed by atoms with E-state index in [0.717, 1.165) is 0 Å². The van der Waals surface area contributed by atoms with Crippen LogP contribution in [0.1, 0.15) is 11.7 Å². The van der Waals surface area contributed by atoms with E-state index in [2.05, 4.69) is 5.32 Å². The SMILES string of the molecule is Fc1cc(C2CNc3cc(Cl)cc(Cl)c3O2)c(Cl)cc1Cl. The van der Waals surface area contributed by atoms with Crippen LogP contribution in [-0.2, 0) is 0 Å². The van der Waals surface area contributed by atoms with E-state index in [1.54, 1.807) is 12.1 Å². The van der Waals surface area contributed by atoms with Gasteiger partial charge in [0, 0.05) is 15.6 Å². The third kappa shape index (κ3) is 2.88. The summed E-state index contributed by atoms with van der Waals surface area (Å²) in [5, 5.41) is 4.33. The van der Waals surface area contributed by atoms with Crippen molar-refractivity contribution in [2.75, 3.05) is 11.9 Å². The van der Waals surface area contributed by atoms with Gasteiger partial charge in [-0.2, -0.15) is 0 Å². The fourth-order valence-corrected chi connectivity index (χ4v) is 3.20. The van der Waals surface area contributed by atoms with E-state index in [4.69, 9.17) is 51.1 Å². The van der Waals surface area contributed by atoms with E-state index in [1.807, 2.05) is 0 Å². The summed E-state index contributed by atoms with van der Waals surface area (Å²) in [4.78, 5) is 0. The molecule has 2 nitrogen and oxygen atoms in total. The molecule has 1 aliphatic heterocycles. The largest absolute Gasteiger partial charge is 0.480 e. The van der Waals surface area contributed by atoms with Crippen molar-refractivity contribution >= 4 is 52.1 Å². The molecule has 1 unspecified atom stereocenters. The predicted octanol–water partition coefficient (Wildman–Crippen LogP) is 5.98. The van der Waals surface area contributed by atoms with Gasteiger partial charge >= 0.3 is 0 Å². The molecule has 0 aliphatic carbocycles. The van der Waals surface area contributed by atoms with Crippen LogP contribution < -0.4 is 10.1 Å². The summed E-state index contributed by atoms with van der Waals surface area (Å²) in [5.41, 5.74) is 1.19. The van der Waals surface area contributed by atoms with Crippen LogP contribution >= 0.6 is 46.4 Å². The molecule has 1 atom stereocenters. The first-order valence-electron chi connectivity index (χ1n) is 5.99. The third-order valence-corrected chi connectivity index (χ3v) is 4.25. The van der Waals surface area contributed by atoms with Gasteiger partial charge in [0.1, 0.15) is 11.9 Å². The maximum Gasteiger partial charge on any atom is 0.162 e. The number of hydrogen-bond acceptors (Lipinski definition) is 2. The zero-order chi connectivity index (χ0) is 15.1. The molecule has 0 saturated heterocycles. The summed E-state index contributed by atoms with van der Waals surface area (Å²) in [5.74, 6) is -0.0867. The molecule has 1 heterocycles. The second-order valence-electron chi connectivity index (χ2n) is 4.54. The summed E-state index contributed by atoms with van der Waals surface area (Å²) < 4.78 is 19.5. The van der Waals surface area contributed by atoms with E-state index in [-0.39, 0.29) is 5.02 Å². The second-order valence-corrected chi connectivity index (χ2v) is 6.20. The summed E-state index contributed by atoms with van der Waals surface area (Å²) in [6.07, 6.45) is -0.476. The first-order valence-corrected chi connectivity index (χ1v) is 7.51. The predicted molar refractivity (Wildman–Crippen MR) is 84.7 cm³/mol. The van der Waals surface area contributed by atoms with Gasteiger partial charge in [0.15, 0.2) is 5.75 Å². The number of hydrogen-bond donors (Lipinski definition) is 1. The molecule has 110 valence electrons. The topological polar surface area (TPSA) is 21.3 Å². The Morgan fingerprint density at radius 1 is 1.00 bits per heavy atom. The van der Waals surface area contributed by atoms with Crippen LogP contribution in [0.25, 0.3) is 0 Å². The lowest BCUT2D eigenvalue weighted by Gasteiger charge is -2.29. The lowest BCUT2D eigenvalue weighted by molar-refractivity contribution is 0.210. The molecular weight excluding hydrogens is 359 g/mol. The van der Waals surface area contributed by atoms with Gasteiger partial charge in [-0.3, -0.25) is 0 Å². The highest BCUT2D eigenvalue weighted by Crippen LogP contribution is 2.43. The molecule has 0 amide bonds. The number of anilines is 1. The normalized spacial score (nSPS) is 16.9. The average molecular weight is 367 g/mol. The quantitative estimate of drug-likeness (QED) is 0.626. The maximum absolute atomic E-state index is 13.6. The van der Waals surface area contributed by atoms with Gasteiger partial charge in [0.05, 0.1) is 22.3 Å². The van der Waals surface area contributed by atoms with Gasteiger partial charge in [-0.15, -0.1) is 0 Å². The number of fused-ring (bicyclic) bond motifs is 1. The van der Waals surface area contributed by atoms with Gasteiger partial charge in [0.25, 0.3) is 0 Å². The molecule has 0 fully saturated rings. The van der Waals surface area contributed by atoms with Crippen LogP contribution in [0.4, 0.5) is 10.1 Å². The number of rotatable bonds is 1. The van der Waals surface area contributed by atoms with Crippen molar-refractivity contribution in [1.29, 1.82) is 0 Å². The molecule has 7 heteroatoms. The van der Waals surface area contributed by atoms with Crippen molar-refractivity contribution < 1.29 is 9.13 Å². The highest BCUT2D eigenvalue weighted by atomic mass is 35.5. The average Bonchev–Trinajstić information content (AvgIpc) is 2.42. The molecule has 21 heavy (non-hydrogen) atoms. The molecule has 0 spiro atoms. The Hall–Kier alpha value is -0.870. The molecule has 0 bridgehead atoms. The molecule has 0 aromatic heterocycles. The van der Waals surface area contributed by atoms with E-state index in [0.29, 0.717) is 38.6 Å². The monoisotopic (exact) mass is 365 g/mol. The zero-order valence-electron chi connectivity index (χ0n) is 10.4. The highest BCUT2D eigenvalue weighted by Gasteiger charge is 2.26. The number of benzene rings is 2. The van der Waals surface area contributed by atoms with Crippen LogP contribution in [0.5, 0.6) is 5.75 Å². The molecule has 3 rings (SSSR count). The smallest absolute Gasteiger partial charge is 0.162 e. The Morgan fingerprint density at radius 2 is 1.76 bits per heavy atom. The molecule has 1 aliphatic rings. The van der Waals surface area contributed by atoms with Gasteiger partial charge in [0.2, 0.25) is 0 Å². The molecule has 2 aromatic carbocycles. The standard InChI is InChI=1S/C14H8Cl4FNO/c15-6-1-10(18)14-12(2-6)20-5-13(21-14)7-3-11(19)9(17)4-8(7)16/h1-4,13,20H,5H2. The van der Waals surface area contributed by atoms with Crippen molar-refractivity contribution in [3.8, 4) is 5.75 Å². The Morgan fingerprint density at radius 3 is 2.52 bits per heavy atom. The highest BCUT2D eigenvalue weighted by molar-refractivity contribution is 6.36. The molecule has 0 radical (unpaired) electrons. The van der Waals surface area contributed by atoms with Crippen molar-refractivity contribution in [3.63, 3.8) is 0 Å². The Labute approximate surface area is 140 Å². The Balaban J connectivity index is 1.98. The van der Waals surface area contributed by atoms with E-state index in [1.165, 1.54) is 12.1 Å². The molecular formula is C14H8Cl4FNO. The number of halogens is 5. The van der Waals surface area contributed by atoms with E-state index < -0.39 is 11.9 Å². The van der Waals surface area contributed by atoms with Crippen LogP contribution in [-0.4, -0.2) is 6.54 Å². The third-order valence-electron chi connectivity index (χ3n) is 3.13. The summed E-state index contributed by atoms with van der Waals surface area (Å²) in [7, 11) is 0. The Kier molecular flexibility index (Phi) is 4.10. The van der Waals surface area contributed by atoms with Gasteiger partial charge in [-0.25, -0.2) is 4.39 Å². The first kappa shape index (κ1) is 15.0.